The maximum atomic E-state index is 12.3. The van der Waals surface area contributed by atoms with E-state index >= 15 is 0 Å². The summed E-state index contributed by atoms with van der Waals surface area (Å²) < 4.78 is 5.54. The zero-order valence-corrected chi connectivity index (χ0v) is 15.1. The van der Waals surface area contributed by atoms with Gasteiger partial charge in [0, 0.05) is 30.0 Å². The van der Waals surface area contributed by atoms with E-state index in [0.29, 0.717) is 0 Å². The van der Waals surface area contributed by atoms with Gasteiger partial charge in [-0.3, -0.25) is 25.0 Å². The normalized spacial score (nSPS) is 10.8. The van der Waals surface area contributed by atoms with E-state index in [2.05, 4.69) is 5.32 Å². The Hall–Kier alpha value is -4.78. The first-order chi connectivity index (χ1) is 14.4. The Morgan fingerprint density at radius 2 is 1.80 bits per heavy atom. The molecule has 0 aliphatic carbocycles. The monoisotopic (exact) mass is 404 g/mol. The number of carbonyl (C=O) groups excluding carboxylic acids is 1. The molecule has 0 bridgehead atoms. The van der Waals surface area contributed by atoms with Crippen LogP contribution in [0, 0.1) is 31.6 Å². The topological polar surface area (TPSA) is 152 Å². The highest BCUT2D eigenvalue weighted by Crippen LogP contribution is 2.31. The average molecular weight is 404 g/mol. The van der Waals surface area contributed by atoms with Crippen molar-refractivity contribution in [3.63, 3.8) is 0 Å². The molecule has 10 nitrogen and oxygen atoms in total. The van der Waals surface area contributed by atoms with Gasteiger partial charge in [0.25, 0.3) is 17.3 Å². The Balaban J connectivity index is 1.85. The molecule has 30 heavy (non-hydrogen) atoms. The van der Waals surface area contributed by atoms with Crippen molar-refractivity contribution in [3.05, 3.63) is 92.2 Å². The number of para-hydroxylation sites is 1. The van der Waals surface area contributed by atoms with Crippen molar-refractivity contribution in [2.45, 2.75) is 0 Å². The number of benzene rings is 2. The maximum absolute atomic E-state index is 12.3. The molecule has 0 aliphatic rings. The number of nitrogens with one attached hydrogen (secondary N) is 1. The smallest absolute Gasteiger partial charge is 0.280 e. The van der Waals surface area contributed by atoms with Crippen molar-refractivity contribution in [1.29, 1.82) is 5.26 Å². The van der Waals surface area contributed by atoms with E-state index in [1.165, 1.54) is 54.6 Å². The molecule has 0 unspecified atom stereocenters. The summed E-state index contributed by atoms with van der Waals surface area (Å²) >= 11 is 0. The number of nitriles is 1. The minimum atomic E-state index is -0.790. The number of nitrogens with zero attached hydrogens (tertiary/aromatic N) is 3. The lowest BCUT2D eigenvalue weighted by molar-refractivity contribution is -0.384. The average Bonchev–Trinajstić information content (AvgIpc) is 3.20. The fourth-order valence-electron chi connectivity index (χ4n) is 2.60. The summed E-state index contributed by atoms with van der Waals surface area (Å²) in [6.45, 7) is 0. The number of furan rings is 1. The van der Waals surface area contributed by atoms with Gasteiger partial charge in [0.2, 0.25) is 0 Å². The summed E-state index contributed by atoms with van der Waals surface area (Å²) in [6.07, 6.45) is 1.17. The molecule has 0 atom stereocenters. The molecular weight excluding hydrogens is 392 g/mol. The molecule has 1 heterocycles. The minimum Gasteiger partial charge on any atom is -0.456 e. The van der Waals surface area contributed by atoms with Gasteiger partial charge in [-0.15, -0.1) is 0 Å². The number of rotatable bonds is 6. The maximum Gasteiger partial charge on any atom is 0.280 e. The Morgan fingerprint density at radius 1 is 1.03 bits per heavy atom. The Bertz CT molecular complexity index is 1220. The summed E-state index contributed by atoms with van der Waals surface area (Å²) in [5.41, 5.74) is -0.274. The highest BCUT2D eigenvalue weighted by molar-refractivity contribution is 6.09. The second-order valence-corrected chi connectivity index (χ2v) is 5.91. The predicted molar refractivity (Wildman–Crippen MR) is 106 cm³/mol. The third-order valence-corrected chi connectivity index (χ3v) is 3.96. The van der Waals surface area contributed by atoms with Gasteiger partial charge in [0.15, 0.2) is 0 Å². The van der Waals surface area contributed by atoms with Crippen molar-refractivity contribution in [1.82, 2.24) is 0 Å². The van der Waals surface area contributed by atoms with E-state index in [-0.39, 0.29) is 39.7 Å². The number of anilines is 1. The molecule has 2 aromatic carbocycles. The van der Waals surface area contributed by atoms with Crippen LogP contribution in [0.4, 0.5) is 17.1 Å². The summed E-state index contributed by atoms with van der Waals surface area (Å²) in [7, 11) is 0. The molecule has 0 saturated carbocycles. The molecule has 0 saturated heterocycles. The molecule has 3 aromatic rings. The Kier molecular flexibility index (Phi) is 5.65. The lowest BCUT2D eigenvalue weighted by Crippen LogP contribution is -2.13. The first-order valence-corrected chi connectivity index (χ1v) is 8.40. The fraction of sp³-hybridized carbons (Fsp3) is 0. The first-order valence-electron chi connectivity index (χ1n) is 8.40. The highest BCUT2D eigenvalue weighted by Gasteiger charge is 2.18. The quantitative estimate of drug-likeness (QED) is 0.278. The van der Waals surface area contributed by atoms with E-state index in [1.807, 2.05) is 0 Å². The number of hydrogen-bond acceptors (Lipinski definition) is 7. The minimum absolute atomic E-state index is 0.133. The van der Waals surface area contributed by atoms with Crippen LogP contribution in [0.25, 0.3) is 17.4 Å². The van der Waals surface area contributed by atoms with Crippen molar-refractivity contribution < 1.29 is 19.1 Å². The molecular formula is C20H12N4O6. The molecule has 0 radical (unpaired) electrons. The Labute approximate surface area is 169 Å². The van der Waals surface area contributed by atoms with Gasteiger partial charge in [-0.2, -0.15) is 5.26 Å². The van der Waals surface area contributed by atoms with Gasteiger partial charge in [0.1, 0.15) is 23.2 Å². The van der Waals surface area contributed by atoms with E-state index in [1.54, 1.807) is 12.1 Å². The molecule has 10 heteroatoms. The third kappa shape index (κ3) is 4.37. The van der Waals surface area contributed by atoms with Gasteiger partial charge in [-0.1, -0.05) is 18.2 Å². The van der Waals surface area contributed by atoms with Crippen molar-refractivity contribution in [2.75, 3.05) is 5.32 Å². The third-order valence-electron chi connectivity index (χ3n) is 3.96. The lowest BCUT2D eigenvalue weighted by Gasteiger charge is -2.03. The summed E-state index contributed by atoms with van der Waals surface area (Å²) in [4.78, 5) is 33.2. The molecule has 148 valence electrons. The van der Waals surface area contributed by atoms with Gasteiger partial charge in [-0.25, -0.2) is 0 Å². The lowest BCUT2D eigenvalue weighted by atomic mass is 10.1. The van der Waals surface area contributed by atoms with Crippen molar-refractivity contribution in [2.24, 2.45) is 0 Å². The van der Waals surface area contributed by atoms with Gasteiger partial charge >= 0.3 is 0 Å². The number of nitro groups is 2. The van der Waals surface area contributed by atoms with E-state index in [4.69, 9.17) is 4.42 Å². The molecule has 1 aromatic heterocycles. The van der Waals surface area contributed by atoms with Gasteiger partial charge in [0.05, 0.1) is 15.4 Å². The van der Waals surface area contributed by atoms with Crippen LogP contribution in [0.5, 0.6) is 0 Å². The van der Waals surface area contributed by atoms with E-state index in [9.17, 15) is 30.3 Å². The Morgan fingerprint density at radius 3 is 2.50 bits per heavy atom. The highest BCUT2D eigenvalue weighted by atomic mass is 16.6. The molecule has 1 N–H and O–H groups in total. The van der Waals surface area contributed by atoms with Crippen LogP contribution in [0.2, 0.25) is 0 Å². The molecule has 3 rings (SSSR count). The van der Waals surface area contributed by atoms with Crippen LogP contribution in [-0.2, 0) is 4.79 Å². The number of non-ortho nitro benzene ring substituents is 1. The van der Waals surface area contributed by atoms with Crippen LogP contribution in [0.15, 0.2) is 70.7 Å². The largest absolute Gasteiger partial charge is 0.456 e. The number of carbonyl (C=O) groups is 1. The van der Waals surface area contributed by atoms with E-state index < -0.39 is 15.8 Å². The zero-order valence-electron chi connectivity index (χ0n) is 15.1. The number of hydrogen-bond donors (Lipinski definition) is 1. The molecule has 0 spiro atoms. The van der Waals surface area contributed by atoms with E-state index in [0.717, 1.165) is 6.07 Å². The molecule has 1 amide bonds. The molecule has 0 fully saturated rings. The van der Waals surface area contributed by atoms with Gasteiger partial charge in [-0.05, 0) is 24.3 Å². The van der Waals surface area contributed by atoms with Crippen molar-refractivity contribution >= 4 is 29.0 Å². The second-order valence-electron chi connectivity index (χ2n) is 5.91. The predicted octanol–water partition coefficient (Wildman–Crippen LogP) is 4.31. The summed E-state index contributed by atoms with van der Waals surface area (Å²) in [6, 6.07) is 15.9. The SMILES string of the molecule is N#C/C(=C\c1ccc(-c2ccccc2[N+](=O)[O-])o1)C(=O)Nc1cccc([N+](=O)[O-])c1. The van der Waals surface area contributed by atoms with Crippen molar-refractivity contribution in [3.8, 4) is 17.4 Å². The number of amides is 1. The standard InChI is InChI=1S/C20H12N4O6/c21-12-13(20(25)22-14-4-3-5-15(11-14)23(26)27)10-16-8-9-19(30-16)17-6-1-2-7-18(17)24(28)29/h1-11H,(H,22,25)/b13-10+. The van der Waals surface area contributed by atoms with Crippen LogP contribution < -0.4 is 5.32 Å². The second kappa shape index (κ2) is 8.49. The zero-order chi connectivity index (χ0) is 21.7. The first kappa shape index (κ1) is 20.0. The van der Waals surface area contributed by atoms with Crippen LogP contribution >= 0.6 is 0 Å². The fourth-order valence-corrected chi connectivity index (χ4v) is 2.60. The van der Waals surface area contributed by atoms with Crippen LogP contribution in [0.3, 0.4) is 0 Å². The summed E-state index contributed by atoms with van der Waals surface area (Å²) in [5.74, 6) is -0.458. The van der Waals surface area contributed by atoms with Crippen LogP contribution in [-0.4, -0.2) is 15.8 Å². The molecule has 0 aliphatic heterocycles. The number of nitro benzene ring substituents is 2. The summed E-state index contributed by atoms with van der Waals surface area (Å²) in [5, 5.41) is 33.7. The van der Waals surface area contributed by atoms with Crippen LogP contribution in [0.1, 0.15) is 5.76 Å². The van der Waals surface area contributed by atoms with Gasteiger partial charge < -0.3 is 9.73 Å².